The van der Waals surface area contributed by atoms with Gasteiger partial charge in [0.15, 0.2) is 6.61 Å². The minimum absolute atomic E-state index is 0.0823. The number of hydrogen-bond acceptors (Lipinski definition) is 6. The van der Waals surface area contributed by atoms with E-state index in [1.54, 1.807) is 26.1 Å². The molecule has 0 unspecified atom stereocenters. The number of carbonyl (C=O) groups excluding carboxylic acids is 2. The van der Waals surface area contributed by atoms with Crippen LogP contribution >= 0.6 is 0 Å². The second-order valence-corrected chi connectivity index (χ2v) is 5.60. The van der Waals surface area contributed by atoms with Gasteiger partial charge in [0, 0.05) is 18.7 Å². The molecule has 1 amide bonds. The number of aryl methyl sites for hydroxylation is 2. The van der Waals surface area contributed by atoms with E-state index in [0.29, 0.717) is 11.3 Å². The molecule has 0 aliphatic carbocycles. The third-order valence-electron chi connectivity index (χ3n) is 3.57. The van der Waals surface area contributed by atoms with Crippen LogP contribution < -0.4 is 0 Å². The van der Waals surface area contributed by atoms with Gasteiger partial charge in [-0.3, -0.25) is 14.9 Å². The van der Waals surface area contributed by atoms with Crippen molar-refractivity contribution in [2.24, 2.45) is 0 Å². The Hall–Kier alpha value is -3.16. The number of nitrogens with zero attached hydrogens (tertiary/aromatic N) is 2. The van der Waals surface area contributed by atoms with E-state index in [0.717, 1.165) is 5.76 Å². The highest BCUT2D eigenvalue weighted by Crippen LogP contribution is 2.19. The van der Waals surface area contributed by atoms with Crippen LogP contribution in [0.2, 0.25) is 0 Å². The first-order chi connectivity index (χ1) is 11.8. The molecule has 0 N–H and O–H groups in total. The summed E-state index contributed by atoms with van der Waals surface area (Å²) < 4.78 is 10.4. The first-order valence-corrected chi connectivity index (χ1v) is 7.49. The smallest absolute Gasteiger partial charge is 0.338 e. The number of benzene rings is 1. The molecule has 0 fully saturated rings. The molecule has 0 atom stereocenters. The molecule has 0 radical (unpaired) electrons. The molecule has 0 bridgehead atoms. The van der Waals surface area contributed by atoms with Gasteiger partial charge in [-0.2, -0.15) is 0 Å². The number of esters is 1. The number of furan rings is 1. The lowest BCUT2D eigenvalue weighted by atomic mass is 10.1. The second-order valence-electron chi connectivity index (χ2n) is 5.60. The molecule has 0 saturated carbocycles. The van der Waals surface area contributed by atoms with Crippen LogP contribution in [0.1, 0.15) is 27.4 Å². The molecule has 2 rings (SSSR count). The maximum Gasteiger partial charge on any atom is 0.338 e. The molecule has 0 saturated heterocycles. The zero-order valence-electron chi connectivity index (χ0n) is 14.1. The first-order valence-electron chi connectivity index (χ1n) is 7.49. The fraction of sp³-hybridized carbons (Fsp3) is 0.294. The topological polar surface area (TPSA) is 103 Å². The number of ether oxygens (including phenoxy) is 1. The van der Waals surface area contributed by atoms with Gasteiger partial charge in [0.1, 0.15) is 11.5 Å². The van der Waals surface area contributed by atoms with Crippen molar-refractivity contribution in [3.8, 4) is 0 Å². The van der Waals surface area contributed by atoms with Crippen molar-refractivity contribution in [1.82, 2.24) is 4.90 Å². The molecule has 8 heteroatoms. The number of amides is 1. The quantitative estimate of drug-likeness (QED) is 0.452. The molecule has 132 valence electrons. The van der Waals surface area contributed by atoms with Crippen LogP contribution in [0.4, 0.5) is 5.69 Å². The van der Waals surface area contributed by atoms with Crippen molar-refractivity contribution >= 4 is 17.6 Å². The largest absolute Gasteiger partial charge is 0.464 e. The monoisotopic (exact) mass is 346 g/mol. The zero-order valence-corrected chi connectivity index (χ0v) is 14.1. The van der Waals surface area contributed by atoms with Crippen molar-refractivity contribution in [3.05, 3.63) is 63.1 Å². The average molecular weight is 346 g/mol. The summed E-state index contributed by atoms with van der Waals surface area (Å²) in [5, 5.41) is 10.8. The normalized spacial score (nSPS) is 10.4. The number of rotatable bonds is 6. The van der Waals surface area contributed by atoms with Crippen molar-refractivity contribution in [1.29, 1.82) is 0 Å². The summed E-state index contributed by atoms with van der Waals surface area (Å²) in [5.41, 5.74) is 0.414. The van der Waals surface area contributed by atoms with Crippen LogP contribution in [0.3, 0.4) is 0 Å². The highest BCUT2D eigenvalue weighted by molar-refractivity contribution is 5.91. The fourth-order valence-electron chi connectivity index (χ4n) is 2.20. The van der Waals surface area contributed by atoms with Gasteiger partial charge < -0.3 is 14.1 Å². The fourth-order valence-corrected chi connectivity index (χ4v) is 2.20. The highest BCUT2D eigenvalue weighted by Gasteiger charge is 2.17. The SMILES string of the molecule is Cc1ccc(CN(C)C(=O)COC(=O)c2ccc([N+](=O)[O-])c(C)c2)o1. The van der Waals surface area contributed by atoms with Gasteiger partial charge in [-0.05, 0) is 38.1 Å². The molecule has 1 aromatic carbocycles. The number of carbonyl (C=O) groups is 2. The molecule has 0 aliphatic heterocycles. The van der Waals surface area contributed by atoms with Crippen molar-refractivity contribution in [2.75, 3.05) is 13.7 Å². The number of likely N-dealkylation sites (N-methyl/N-ethyl adjacent to an activating group) is 1. The molecule has 0 spiro atoms. The number of nitro benzene ring substituents is 1. The van der Waals surface area contributed by atoms with Crippen LogP contribution in [0, 0.1) is 24.0 Å². The number of nitro groups is 1. The minimum atomic E-state index is -0.714. The summed E-state index contributed by atoms with van der Waals surface area (Å²) in [6, 6.07) is 7.46. The first kappa shape index (κ1) is 18.2. The van der Waals surface area contributed by atoms with Gasteiger partial charge in [0.05, 0.1) is 17.0 Å². The summed E-state index contributed by atoms with van der Waals surface area (Å²) in [7, 11) is 1.57. The zero-order chi connectivity index (χ0) is 18.6. The van der Waals surface area contributed by atoms with E-state index in [-0.39, 0.29) is 23.7 Å². The summed E-state index contributed by atoms with van der Waals surface area (Å²) in [6.45, 7) is 3.17. The molecule has 1 heterocycles. The Morgan fingerprint density at radius 2 is 1.96 bits per heavy atom. The molecular weight excluding hydrogens is 328 g/mol. The van der Waals surface area contributed by atoms with Crippen molar-refractivity contribution in [3.63, 3.8) is 0 Å². The Morgan fingerprint density at radius 1 is 1.24 bits per heavy atom. The Morgan fingerprint density at radius 3 is 2.52 bits per heavy atom. The molecule has 8 nitrogen and oxygen atoms in total. The second kappa shape index (κ2) is 7.61. The van der Waals surface area contributed by atoms with Gasteiger partial charge >= 0.3 is 5.97 Å². The van der Waals surface area contributed by atoms with E-state index >= 15 is 0 Å². The predicted octanol–water partition coefficient (Wildman–Crippen LogP) is 2.62. The summed E-state index contributed by atoms with van der Waals surface area (Å²) in [4.78, 5) is 35.6. The van der Waals surface area contributed by atoms with Crippen molar-refractivity contribution in [2.45, 2.75) is 20.4 Å². The third-order valence-corrected chi connectivity index (χ3v) is 3.57. The van der Waals surface area contributed by atoms with E-state index in [4.69, 9.17) is 9.15 Å². The highest BCUT2D eigenvalue weighted by atomic mass is 16.6. The lowest BCUT2D eigenvalue weighted by Gasteiger charge is -2.15. The van der Waals surface area contributed by atoms with Gasteiger partial charge in [-0.25, -0.2) is 4.79 Å². The Balaban J connectivity index is 1.91. The summed E-state index contributed by atoms with van der Waals surface area (Å²) in [5.74, 6) is 0.274. The Kier molecular flexibility index (Phi) is 5.53. The molecule has 25 heavy (non-hydrogen) atoms. The van der Waals surface area contributed by atoms with Gasteiger partial charge in [-0.15, -0.1) is 0 Å². The van der Waals surface area contributed by atoms with Crippen LogP contribution in [-0.2, 0) is 16.1 Å². The lowest BCUT2D eigenvalue weighted by molar-refractivity contribution is -0.385. The van der Waals surface area contributed by atoms with Crippen LogP contribution in [0.25, 0.3) is 0 Å². The maximum atomic E-state index is 12.0. The predicted molar refractivity (Wildman–Crippen MR) is 88.0 cm³/mol. The van der Waals surface area contributed by atoms with E-state index in [1.165, 1.54) is 30.0 Å². The van der Waals surface area contributed by atoms with Gasteiger partial charge in [0.25, 0.3) is 11.6 Å². The van der Waals surface area contributed by atoms with E-state index in [2.05, 4.69) is 0 Å². The van der Waals surface area contributed by atoms with Gasteiger partial charge in [-0.1, -0.05) is 0 Å². The standard InChI is InChI=1S/C17H18N2O6/c1-11-8-13(5-7-15(11)19(22)23)17(21)24-10-16(20)18(3)9-14-6-4-12(2)25-14/h4-8H,9-10H2,1-3H3. The molecule has 1 aromatic heterocycles. The Bertz CT molecular complexity index is 811. The van der Waals surface area contributed by atoms with Crippen LogP contribution in [0.5, 0.6) is 0 Å². The van der Waals surface area contributed by atoms with Crippen molar-refractivity contribution < 1.29 is 23.7 Å². The summed E-state index contributed by atoms with van der Waals surface area (Å²) >= 11 is 0. The van der Waals surface area contributed by atoms with Crippen LogP contribution in [0.15, 0.2) is 34.7 Å². The lowest BCUT2D eigenvalue weighted by Crippen LogP contribution is -2.30. The number of hydrogen-bond donors (Lipinski definition) is 0. The van der Waals surface area contributed by atoms with E-state index in [1.807, 2.05) is 0 Å². The molecule has 2 aromatic rings. The third kappa shape index (κ3) is 4.66. The van der Waals surface area contributed by atoms with Crippen LogP contribution in [-0.4, -0.2) is 35.4 Å². The molecular formula is C17H18N2O6. The van der Waals surface area contributed by atoms with E-state index in [9.17, 15) is 19.7 Å². The van der Waals surface area contributed by atoms with E-state index < -0.39 is 17.5 Å². The minimum Gasteiger partial charge on any atom is -0.464 e. The maximum absolute atomic E-state index is 12.0. The Labute approximate surface area is 144 Å². The van der Waals surface area contributed by atoms with Gasteiger partial charge in [0.2, 0.25) is 0 Å². The molecule has 0 aliphatic rings. The average Bonchev–Trinajstić information content (AvgIpc) is 2.96. The summed E-state index contributed by atoms with van der Waals surface area (Å²) in [6.07, 6.45) is 0.